The van der Waals surface area contributed by atoms with Gasteiger partial charge in [-0.1, -0.05) is 0 Å². The molecule has 0 rings (SSSR count). The molecule has 0 aliphatic carbocycles. The summed E-state index contributed by atoms with van der Waals surface area (Å²) in [5.41, 5.74) is 0. The summed E-state index contributed by atoms with van der Waals surface area (Å²) in [5.74, 6) is -1.19. The molecule has 0 atom stereocenters. The fraction of sp³-hybridized carbons (Fsp3) is 0.571. The van der Waals surface area contributed by atoms with Gasteiger partial charge in [-0.05, 0) is 0 Å². The smallest absolute Gasteiger partial charge is 0.305 e. The maximum Gasteiger partial charge on any atom is 0.305 e. The Morgan fingerprint density at radius 1 is 1.25 bits per heavy atom. The molecule has 5 heteroatoms. The SMILES string of the molecule is CC(=O)OC(CC=O)OC(C)=O. The lowest BCUT2D eigenvalue weighted by atomic mass is 10.4. The third-order valence-electron chi connectivity index (χ3n) is 0.883. The van der Waals surface area contributed by atoms with E-state index in [4.69, 9.17) is 0 Å². The minimum absolute atomic E-state index is 0.140. The van der Waals surface area contributed by atoms with E-state index >= 15 is 0 Å². The Morgan fingerprint density at radius 3 is 1.92 bits per heavy atom. The van der Waals surface area contributed by atoms with Crippen molar-refractivity contribution in [2.75, 3.05) is 0 Å². The van der Waals surface area contributed by atoms with Crippen LogP contribution in [0.1, 0.15) is 20.3 Å². The van der Waals surface area contributed by atoms with Gasteiger partial charge in [0.05, 0.1) is 6.42 Å². The van der Waals surface area contributed by atoms with Crippen LogP contribution in [-0.2, 0) is 23.9 Å². The van der Waals surface area contributed by atoms with Gasteiger partial charge >= 0.3 is 11.9 Å². The monoisotopic (exact) mass is 174 g/mol. The van der Waals surface area contributed by atoms with Crippen LogP contribution < -0.4 is 0 Å². The fourth-order valence-electron chi connectivity index (χ4n) is 0.569. The molecule has 0 heterocycles. The van der Waals surface area contributed by atoms with Gasteiger partial charge in [-0.15, -0.1) is 0 Å². The van der Waals surface area contributed by atoms with Gasteiger partial charge in [0, 0.05) is 13.8 Å². The summed E-state index contributed by atoms with van der Waals surface area (Å²) in [7, 11) is 0. The number of hydrogen-bond acceptors (Lipinski definition) is 5. The Hall–Kier alpha value is -1.39. The molecule has 0 aromatic carbocycles. The molecule has 0 saturated heterocycles. The highest BCUT2D eigenvalue weighted by Crippen LogP contribution is 1.99. The van der Waals surface area contributed by atoms with Crippen LogP contribution in [0.2, 0.25) is 0 Å². The zero-order chi connectivity index (χ0) is 9.56. The van der Waals surface area contributed by atoms with Crippen molar-refractivity contribution in [3.05, 3.63) is 0 Å². The molecule has 5 nitrogen and oxygen atoms in total. The molecule has 0 amide bonds. The van der Waals surface area contributed by atoms with Crippen LogP contribution in [0.5, 0.6) is 0 Å². The van der Waals surface area contributed by atoms with Gasteiger partial charge in [-0.2, -0.15) is 0 Å². The zero-order valence-corrected chi connectivity index (χ0v) is 6.90. The van der Waals surface area contributed by atoms with Crippen LogP contribution in [0.3, 0.4) is 0 Å². The molecule has 0 fully saturated rings. The molecule has 0 aromatic rings. The molecule has 0 aliphatic heterocycles. The van der Waals surface area contributed by atoms with Crippen LogP contribution >= 0.6 is 0 Å². The Labute approximate surface area is 69.6 Å². The molecule has 0 spiro atoms. The van der Waals surface area contributed by atoms with E-state index in [0.717, 1.165) is 0 Å². The third-order valence-corrected chi connectivity index (χ3v) is 0.883. The van der Waals surface area contributed by atoms with E-state index in [2.05, 4.69) is 9.47 Å². The predicted octanol–water partition coefficient (Wildman–Crippen LogP) is 0.0277. The van der Waals surface area contributed by atoms with Crippen molar-refractivity contribution in [1.29, 1.82) is 0 Å². The van der Waals surface area contributed by atoms with Gasteiger partial charge in [-0.3, -0.25) is 9.59 Å². The minimum atomic E-state index is -1.09. The maximum atomic E-state index is 10.4. The normalized spacial score (nSPS) is 9.25. The van der Waals surface area contributed by atoms with Crippen molar-refractivity contribution in [2.45, 2.75) is 26.6 Å². The topological polar surface area (TPSA) is 69.7 Å². The fourth-order valence-corrected chi connectivity index (χ4v) is 0.569. The second-order valence-corrected chi connectivity index (χ2v) is 2.05. The summed E-state index contributed by atoms with van der Waals surface area (Å²) in [5, 5.41) is 0. The second-order valence-electron chi connectivity index (χ2n) is 2.05. The number of aldehydes is 1. The number of carbonyl (C=O) groups is 3. The Morgan fingerprint density at radius 2 is 1.67 bits per heavy atom. The molecular formula is C7H10O5. The molecule has 0 radical (unpaired) electrons. The summed E-state index contributed by atoms with van der Waals surface area (Å²) < 4.78 is 8.98. The standard InChI is InChI=1S/C7H10O5/c1-5(9)11-7(3-4-8)12-6(2)10/h4,7H,3H2,1-2H3. The lowest BCUT2D eigenvalue weighted by molar-refractivity contribution is -0.184. The van der Waals surface area contributed by atoms with Gasteiger partial charge < -0.3 is 14.3 Å². The zero-order valence-electron chi connectivity index (χ0n) is 6.90. The van der Waals surface area contributed by atoms with E-state index in [1.54, 1.807) is 0 Å². The molecule has 0 aromatic heterocycles. The molecule has 68 valence electrons. The lowest BCUT2D eigenvalue weighted by Crippen LogP contribution is -2.22. The second kappa shape index (κ2) is 5.29. The highest BCUT2D eigenvalue weighted by molar-refractivity contribution is 5.68. The Bertz CT molecular complexity index is 170. The number of ether oxygens (including phenoxy) is 2. The lowest BCUT2D eigenvalue weighted by Gasteiger charge is -2.13. The maximum absolute atomic E-state index is 10.4. The van der Waals surface area contributed by atoms with Crippen LogP contribution in [0, 0.1) is 0 Å². The number of hydrogen-bond donors (Lipinski definition) is 0. The van der Waals surface area contributed by atoms with Gasteiger partial charge in [0.2, 0.25) is 0 Å². The summed E-state index contributed by atoms with van der Waals surface area (Å²) in [6, 6.07) is 0. The average Bonchev–Trinajstić information content (AvgIpc) is 1.84. The summed E-state index contributed by atoms with van der Waals surface area (Å²) >= 11 is 0. The van der Waals surface area contributed by atoms with Crippen LogP contribution in [0.25, 0.3) is 0 Å². The number of rotatable bonds is 4. The average molecular weight is 174 g/mol. The van der Waals surface area contributed by atoms with E-state index in [9.17, 15) is 14.4 Å². The van der Waals surface area contributed by atoms with Crippen LogP contribution in [0.4, 0.5) is 0 Å². The molecule has 12 heavy (non-hydrogen) atoms. The van der Waals surface area contributed by atoms with Crippen molar-refractivity contribution in [3.8, 4) is 0 Å². The van der Waals surface area contributed by atoms with E-state index in [-0.39, 0.29) is 6.42 Å². The van der Waals surface area contributed by atoms with Crippen molar-refractivity contribution in [1.82, 2.24) is 0 Å². The first-order valence-electron chi connectivity index (χ1n) is 3.34. The quantitative estimate of drug-likeness (QED) is 0.341. The van der Waals surface area contributed by atoms with E-state index in [1.807, 2.05) is 0 Å². The molecular weight excluding hydrogens is 164 g/mol. The minimum Gasteiger partial charge on any atom is -0.425 e. The highest BCUT2D eigenvalue weighted by atomic mass is 16.7. The highest BCUT2D eigenvalue weighted by Gasteiger charge is 2.13. The summed E-state index contributed by atoms with van der Waals surface area (Å²) in [6.07, 6.45) is -0.715. The molecule has 0 unspecified atom stereocenters. The summed E-state index contributed by atoms with van der Waals surface area (Å²) in [6.45, 7) is 2.34. The van der Waals surface area contributed by atoms with Gasteiger partial charge in [0.25, 0.3) is 6.29 Å². The first-order chi connectivity index (χ1) is 5.56. The summed E-state index contributed by atoms with van der Waals surface area (Å²) in [4.78, 5) is 30.8. The van der Waals surface area contributed by atoms with Crippen molar-refractivity contribution < 1.29 is 23.9 Å². The van der Waals surface area contributed by atoms with E-state index in [0.29, 0.717) is 6.29 Å². The van der Waals surface area contributed by atoms with Crippen LogP contribution in [-0.4, -0.2) is 24.5 Å². The van der Waals surface area contributed by atoms with E-state index in [1.165, 1.54) is 13.8 Å². The first kappa shape index (κ1) is 10.6. The first-order valence-corrected chi connectivity index (χ1v) is 3.34. The molecule has 0 bridgehead atoms. The number of esters is 2. The largest absolute Gasteiger partial charge is 0.425 e. The number of carbonyl (C=O) groups excluding carboxylic acids is 3. The van der Waals surface area contributed by atoms with Crippen molar-refractivity contribution in [2.24, 2.45) is 0 Å². The van der Waals surface area contributed by atoms with E-state index < -0.39 is 18.2 Å². The van der Waals surface area contributed by atoms with Gasteiger partial charge in [0.15, 0.2) is 0 Å². The Balaban J connectivity index is 3.93. The predicted molar refractivity (Wildman–Crippen MR) is 38.0 cm³/mol. The molecule has 0 aliphatic rings. The Kier molecular flexibility index (Phi) is 4.67. The van der Waals surface area contributed by atoms with Gasteiger partial charge in [0.1, 0.15) is 6.29 Å². The molecule has 0 saturated carbocycles. The van der Waals surface area contributed by atoms with Crippen LogP contribution in [0.15, 0.2) is 0 Å². The third kappa shape index (κ3) is 5.40. The molecule has 0 N–H and O–H groups in total. The van der Waals surface area contributed by atoms with Gasteiger partial charge in [-0.25, -0.2) is 0 Å². The van der Waals surface area contributed by atoms with Crippen molar-refractivity contribution >= 4 is 18.2 Å². The van der Waals surface area contributed by atoms with Crippen molar-refractivity contribution in [3.63, 3.8) is 0 Å².